The van der Waals surface area contributed by atoms with E-state index in [0.717, 1.165) is 17.5 Å². The van der Waals surface area contributed by atoms with Crippen molar-refractivity contribution in [3.8, 4) is 0 Å². The molecule has 0 saturated carbocycles. The first-order valence-corrected chi connectivity index (χ1v) is 6.47. The Morgan fingerprint density at radius 3 is 2.40 bits per heavy atom. The molecule has 2 aromatic rings. The highest BCUT2D eigenvalue weighted by Gasteiger charge is 2.17. The van der Waals surface area contributed by atoms with Gasteiger partial charge in [0, 0.05) is 36.1 Å². The fourth-order valence-electron chi connectivity index (χ4n) is 2.24. The summed E-state index contributed by atoms with van der Waals surface area (Å²) in [5, 5.41) is 3.25. The van der Waals surface area contributed by atoms with Crippen molar-refractivity contribution in [2.24, 2.45) is 0 Å². The van der Waals surface area contributed by atoms with Crippen LogP contribution in [0.3, 0.4) is 0 Å². The summed E-state index contributed by atoms with van der Waals surface area (Å²) in [6.45, 7) is 5.65. The molecule has 1 aromatic carbocycles. The van der Waals surface area contributed by atoms with E-state index in [1.807, 2.05) is 20.8 Å². The summed E-state index contributed by atoms with van der Waals surface area (Å²) in [4.78, 5) is 8.47. The molecule has 0 spiro atoms. The van der Waals surface area contributed by atoms with Gasteiger partial charge in [-0.2, -0.15) is 0 Å². The predicted molar refractivity (Wildman–Crippen MR) is 73.1 cm³/mol. The second-order valence-electron chi connectivity index (χ2n) is 4.80. The molecule has 20 heavy (non-hydrogen) atoms. The van der Waals surface area contributed by atoms with Crippen molar-refractivity contribution >= 4 is 0 Å². The van der Waals surface area contributed by atoms with E-state index in [1.165, 1.54) is 12.1 Å². The number of nitrogens with one attached hydrogen (secondary N) is 1. The number of nitrogens with zero attached hydrogens (tertiary/aromatic N) is 2. The van der Waals surface area contributed by atoms with Gasteiger partial charge in [-0.1, -0.05) is 6.07 Å². The molecular weight excluding hydrogens is 260 g/mol. The molecule has 2 atom stereocenters. The maximum Gasteiger partial charge on any atom is 0.130 e. The summed E-state index contributed by atoms with van der Waals surface area (Å²) >= 11 is 0. The topological polar surface area (TPSA) is 37.8 Å². The van der Waals surface area contributed by atoms with Crippen LogP contribution in [0.5, 0.6) is 0 Å². The van der Waals surface area contributed by atoms with Gasteiger partial charge in [0.1, 0.15) is 11.6 Å². The predicted octanol–water partition coefficient (Wildman–Crippen LogP) is 3.48. The van der Waals surface area contributed by atoms with Crippen LogP contribution in [0.4, 0.5) is 8.78 Å². The standard InChI is InChI=1S/C15H17F2N3/c1-9(13-5-4-12(16)8-14(13)17)20-11(3)15-10(2)18-6-7-19-15/h4-9,11,20H,1-3H3. The highest BCUT2D eigenvalue weighted by molar-refractivity contribution is 5.22. The Morgan fingerprint density at radius 1 is 1.05 bits per heavy atom. The van der Waals surface area contributed by atoms with Crippen molar-refractivity contribution in [1.29, 1.82) is 0 Å². The molecule has 3 nitrogen and oxygen atoms in total. The quantitative estimate of drug-likeness (QED) is 0.929. The Bertz CT molecular complexity index is 601. The SMILES string of the molecule is Cc1nccnc1C(C)NC(C)c1ccc(F)cc1F. The lowest BCUT2D eigenvalue weighted by atomic mass is 10.1. The van der Waals surface area contributed by atoms with Crippen LogP contribution in [0.1, 0.15) is 42.9 Å². The zero-order chi connectivity index (χ0) is 14.7. The third kappa shape index (κ3) is 3.17. The monoisotopic (exact) mass is 277 g/mol. The average Bonchev–Trinajstić information content (AvgIpc) is 2.38. The third-order valence-electron chi connectivity index (χ3n) is 3.26. The van der Waals surface area contributed by atoms with Crippen LogP contribution in [0.2, 0.25) is 0 Å². The molecule has 0 aliphatic rings. The number of aryl methyl sites for hydroxylation is 1. The summed E-state index contributed by atoms with van der Waals surface area (Å²) in [5.41, 5.74) is 2.08. The molecule has 0 saturated heterocycles. The molecule has 0 amide bonds. The summed E-state index contributed by atoms with van der Waals surface area (Å²) in [7, 11) is 0. The fourth-order valence-corrected chi connectivity index (χ4v) is 2.24. The second-order valence-corrected chi connectivity index (χ2v) is 4.80. The van der Waals surface area contributed by atoms with Gasteiger partial charge in [0.2, 0.25) is 0 Å². The fraction of sp³-hybridized carbons (Fsp3) is 0.333. The summed E-state index contributed by atoms with van der Waals surface area (Å²) in [5.74, 6) is -1.12. The van der Waals surface area contributed by atoms with E-state index in [9.17, 15) is 8.78 Å². The highest BCUT2D eigenvalue weighted by Crippen LogP contribution is 2.22. The first-order chi connectivity index (χ1) is 9.49. The van der Waals surface area contributed by atoms with E-state index in [-0.39, 0.29) is 12.1 Å². The van der Waals surface area contributed by atoms with E-state index >= 15 is 0 Å². The third-order valence-corrected chi connectivity index (χ3v) is 3.26. The van der Waals surface area contributed by atoms with E-state index in [2.05, 4.69) is 15.3 Å². The minimum atomic E-state index is -0.573. The van der Waals surface area contributed by atoms with E-state index in [0.29, 0.717) is 5.56 Å². The number of hydrogen-bond acceptors (Lipinski definition) is 3. The van der Waals surface area contributed by atoms with Crippen LogP contribution in [-0.2, 0) is 0 Å². The summed E-state index contributed by atoms with van der Waals surface area (Å²) < 4.78 is 26.6. The lowest BCUT2D eigenvalue weighted by molar-refractivity contribution is 0.462. The number of aromatic nitrogens is 2. The van der Waals surface area contributed by atoms with Crippen molar-refractivity contribution in [2.75, 3.05) is 0 Å². The number of rotatable bonds is 4. The van der Waals surface area contributed by atoms with Crippen LogP contribution in [0.25, 0.3) is 0 Å². The Morgan fingerprint density at radius 2 is 1.75 bits per heavy atom. The van der Waals surface area contributed by atoms with Crippen LogP contribution in [0.15, 0.2) is 30.6 Å². The first kappa shape index (κ1) is 14.5. The lowest BCUT2D eigenvalue weighted by Crippen LogP contribution is -2.24. The maximum absolute atomic E-state index is 13.7. The smallest absolute Gasteiger partial charge is 0.130 e. The number of hydrogen-bond donors (Lipinski definition) is 1. The Kier molecular flexibility index (Phi) is 4.39. The molecule has 0 aliphatic carbocycles. The Balaban J connectivity index is 2.15. The normalized spacial score (nSPS) is 14.1. The van der Waals surface area contributed by atoms with Gasteiger partial charge < -0.3 is 5.32 Å². The van der Waals surface area contributed by atoms with Gasteiger partial charge in [-0.3, -0.25) is 9.97 Å². The zero-order valence-corrected chi connectivity index (χ0v) is 11.7. The van der Waals surface area contributed by atoms with Gasteiger partial charge in [-0.05, 0) is 26.8 Å². The molecule has 0 bridgehead atoms. The summed E-state index contributed by atoms with van der Waals surface area (Å²) in [6, 6.07) is 3.27. The van der Waals surface area contributed by atoms with Gasteiger partial charge in [-0.15, -0.1) is 0 Å². The largest absolute Gasteiger partial charge is 0.302 e. The molecule has 1 heterocycles. The number of benzene rings is 1. The van der Waals surface area contributed by atoms with Crippen molar-refractivity contribution in [2.45, 2.75) is 32.9 Å². The van der Waals surface area contributed by atoms with Gasteiger partial charge >= 0.3 is 0 Å². The van der Waals surface area contributed by atoms with Crippen molar-refractivity contribution < 1.29 is 8.78 Å². The molecule has 5 heteroatoms. The molecule has 1 aromatic heterocycles. The maximum atomic E-state index is 13.7. The Labute approximate surface area is 117 Å². The van der Waals surface area contributed by atoms with Gasteiger partial charge in [0.25, 0.3) is 0 Å². The first-order valence-electron chi connectivity index (χ1n) is 6.47. The van der Waals surface area contributed by atoms with Crippen molar-refractivity contribution in [3.05, 3.63) is 59.2 Å². The molecule has 0 radical (unpaired) electrons. The lowest BCUT2D eigenvalue weighted by Gasteiger charge is -2.21. The second kappa shape index (κ2) is 6.05. The number of halogens is 2. The van der Waals surface area contributed by atoms with Crippen LogP contribution in [0, 0.1) is 18.6 Å². The molecule has 0 aliphatic heterocycles. The minimum absolute atomic E-state index is 0.0804. The van der Waals surface area contributed by atoms with Crippen LogP contribution in [-0.4, -0.2) is 9.97 Å². The molecular formula is C15H17F2N3. The van der Waals surface area contributed by atoms with Gasteiger partial charge in [0.05, 0.1) is 11.4 Å². The highest BCUT2D eigenvalue weighted by atomic mass is 19.1. The molecule has 1 N–H and O–H groups in total. The Hall–Kier alpha value is -1.88. The minimum Gasteiger partial charge on any atom is -0.302 e. The molecule has 106 valence electrons. The van der Waals surface area contributed by atoms with Crippen LogP contribution >= 0.6 is 0 Å². The van der Waals surface area contributed by atoms with E-state index in [1.54, 1.807) is 12.4 Å². The molecule has 2 rings (SSSR count). The summed E-state index contributed by atoms with van der Waals surface area (Å²) in [6.07, 6.45) is 3.26. The molecule has 2 unspecified atom stereocenters. The molecule has 0 fully saturated rings. The van der Waals surface area contributed by atoms with Gasteiger partial charge in [-0.25, -0.2) is 8.78 Å². The van der Waals surface area contributed by atoms with Crippen LogP contribution < -0.4 is 5.32 Å². The van der Waals surface area contributed by atoms with E-state index in [4.69, 9.17) is 0 Å². The van der Waals surface area contributed by atoms with Crippen molar-refractivity contribution in [3.63, 3.8) is 0 Å². The van der Waals surface area contributed by atoms with Gasteiger partial charge in [0.15, 0.2) is 0 Å². The van der Waals surface area contributed by atoms with E-state index < -0.39 is 11.6 Å². The average molecular weight is 277 g/mol. The zero-order valence-electron chi connectivity index (χ0n) is 11.7. The van der Waals surface area contributed by atoms with Crippen molar-refractivity contribution in [1.82, 2.24) is 15.3 Å².